The molecular formula is C17H29NO. The van der Waals surface area contributed by atoms with Crippen molar-refractivity contribution in [2.75, 3.05) is 6.54 Å². The highest BCUT2D eigenvalue weighted by atomic mass is 16.2. The predicted molar refractivity (Wildman–Crippen MR) is 83.2 cm³/mol. The van der Waals surface area contributed by atoms with E-state index in [9.17, 15) is 4.79 Å². The summed E-state index contributed by atoms with van der Waals surface area (Å²) in [6, 6.07) is 10.4. The van der Waals surface area contributed by atoms with E-state index >= 15 is 0 Å². The van der Waals surface area contributed by atoms with Crippen LogP contribution in [0.25, 0.3) is 0 Å². The maximum Gasteiger partial charge on any atom is 0.225 e. The normalized spacial score (nSPS) is 10.4. The fourth-order valence-electron chi connectivity index (χ4n) is 1.54. The van der Waals surface area contributed by atoms with Crippen molar-refractivity contribution in [2.24, 2.45) is 5.41 Å². The van der Waals surface area contributed by atoms with Crippen LogP contribution in [0.4, 0.5) is 0 Å². The van der Waals surface area contributed by atoms with Crippen LogP contribution in [0, 0.1) is 5.41 Å². The minimum atomic E-state index is -0.243. The van der Waals surface area contributed by atoms with Crippen LogP contribution in [0.5, 0.6) is 0 Å². The molecule has 0 aliphatic heterocycles. The minimum Gasteiger partial charge on any atom is -0.356 e. The maximum atomic E-state index is 11.8. The lowest BCUT2D eigenvalue weighted by molar-refractivity contribution is -0.129. The Morgan fingerprint density at radius 3 is 2.26 bits per heavy atom. The van der Waals surface area contributed by atoms with Gasteiger partial charge in [0.05, 0.1) is 0 Å². The summed E-state index contributed by atoms with van der Waals surface area (Å²) in [5.74, 6) is 0.160. The first kappa shape index (κ1) is 17.7. The van der Waals surface area contributed by atoms with E-state index in [0.29, 0.717) is 0 Å². The molecular weight excluding hydrogens is 234 g/mol. The molecule has 0 fully saturated rings. The molecule has 0 aliphatic carbocycles. The topological polar surface area (TPSA) is 29.1 Å². The third kappa shape index (κ3) is 7.00. The van der Waals surface area contributed by atoms with Crippen LogP contribution < -0.4 is 5.32 Å². The molecule has 0 atom stereocenters. The molecule has 2 nitrogen and oxygen atoms in total. The van der Waals surface area contributed by atoms with E-state index in [1.807, 2.05) is 52.8 Å². The fraction of sp³-hybridized carbons (Fsp3) is 0.588. The SMILES string of the molecule is CC.CCC(C)(C)C(=O)NCCCc1ccccc1. The van der Waals surface area contributed by atoms with Gasteiger partial charge in [0.25, 0.3) is 0 Å². The van der Waals surface area contributed by atoms with Gasteiger partial charge >= 0.3 is 0 Å². The molecule has 108 valence electrons. The van der Waals surface area contributed by atoms with Crippen molar-refractivity contribution < 1.29 is 4.79 Å². The second-order valence-corrected chi connectivity index (χ2v) is 5.08. The lowest BCUT2D eigenvalue weighted by Gasteiger charge is -2.21. The van der Waals surface area contributed by atoms with Gasteiger partial charge in [0.1, 0.15) is 0 Å². The van der Waals surface area contributed by atoms with Gasteiger partial charge in [-0.3, -0.25) is 4.79 Å². The highest BCUT2D eigenvalue weighted by Crippen LogP contribution is 2.19. The Balaban J connectivity index is 0.00000154. The molecule has 0 bridgehead atoms. The van der Waals surface area contributed by atoms with Crippen molar-refractivity contribution in [3.63, 3.8) is 0 Å². The van der Waals surface area contributed by atoms with E-state index in [0.717, 1.165) is 25.8 Å². The smallest absolute Gasteiger partial charge is 0.225 e. The van der Waals surface area contributed by atoms with Gasteiger partial charge in [-0.2, -0.15) is 0 Å². The molecule has 0 unspecified atom stereocenters. The molecule has 0 spiro atoms. The van der Waals surface area contributed by atoms with Gasteiger partial charge < -0.3 is 5.32 Å². The number of benzene rings is 1. The quantitative estimate of drug-likeness (QED) is 0.766. The molecule has 1 N–H and O–H groups in total. The van der Waals surface area contributed by atoms with Gasteiger partial charge in [-0.25, -0.2) is 0 Å². The summed E-state index contributed by atoms with van der Waals surface area (Å²) in [4.78, 5) is 11.8. The molecule has 0 aromatic heterocycles. The van der Waals surface area contributed by atoms with Gasteiger partial charge in [-0.15, -0.1) is 0 Å². The molecule has 0 aliphatic rings. The van der Waals surface area contributed by atoms with Crippen LogP contribution >= 0.6 is 0 Å². The number of nitrogens with one attached hydrogen (secondary N) is 1. The Morgan fingerprint density at radius 1 is 1.16 bits per heavy atom. The first-order valence-corrected chi connectivity index (χ1v) is 7.38. The van der Waals surface area contributed by atoms with E-state index in [1.54, 1.807) is 0 Å². The maximum absolute atomic E-state index is 11.8. The molecule has 19 heavy (non-hydrogen) atoms. The second-order valence-electron chi connectivity index (χ2n) is 5.08. The van der Waals surface area contributed by atoms with Crippen LogP contribution in [0.3, 0.4) is 0 Å². The number of hydrogen-bond donors (Lipinski definition) is 1. The highest BCUT2D eigenvalue weighted by molar-refractivity contribution is 5.81. The second kappa shape index (κ2) is 9.60. The summed E-state index contributed by atoms with van der Waals surface area (Å²) in [5.41, 5.74) is 1.09. The van der Waals surface area contributed by atoms with Crippen LogP contribution in [0.2, 0.25) is 0 Å². The third-order valence-electron chi connectivity index (χ3n) is 3.27. The Labute approximate surface area is 118 Å². The summed E-state index contributed by atoms with van der Waals surface area (Å²) >= 11 is 0. The lowest BCUT2D eigenvalue weighted by Crippen LogP contribution is -2.37. The molecule has 0 saturated carbocycles. The van der Waals surface area contributed by atoms with Crippen molar-refractivity contribution in [1.29, 1.82) is 0 Å². The molecule has 2 heteroatoms. The number of carbonyl (C=O) groups excluding carboxylic acids is 1. The first-order valence-electron chi connectivity index (χ1n) is 7.38. The Bertz CT molecular complexity index is 344. The fourth-order valence-corrected chi connectivity index (χ4v) is 1.54. The van der Waals surface area contributed by atoms with Gasteiger partial charge in [0, 0.05) is 12.0 Å². The molecule has 1 aromatic carbocycles. The van der Waals surface area contributed by atoms with Crippen molar-refractivity contribution >= 4 is 5.91 Å². The lowest BCUT2D eigenvalue weighted by atomic mass is 9.89. The highest BCUT2D eigenvalue weighted by Gasteiger charge is 2.24. The van der Waals surface area contributed by atoms with Crippen LogP contribution in [-0.2, 0) is 11.2 Å². The van der Waals surface area contributed by atoms with Gasteiger partial charge in [-0.1, -0.05) is 65.0 Å². The zero-order chi connectivity index (χ0) is 14.7. The number of amides is 1. The van der Waals surface area contributed by atoms with Gasteiger partial charge in [-0.05, 0) is 24.8 Å². The monoisotopic (exact) mass is 263 g/mol. The van der Waals surface area contributed by atoms with E-state index in [1.165, 1.54) is 5.56 Å². The summed E-state index contributed by atoms with van der Waals surface area (Å²) in [6.45, 7) is 10.8. The largest absolute Gasteiger partial charge is 0.356 e. The summed E-state index contributed by atoms with van der Waals surface area (Å²) < 4.78 is 0. The average Bonchev–Trinajstić information content (AvgIpc) is 2.46. The van der Waals surface area contributed by atoms with E-state index in [2.05, 4.69) is 17.4 Å². The summed E-state index contributed by atoms with van der Waals surface area (Å²) in [7, 11) is 0. The number of hydrogen-bond acceptors (Lipinski definition) is 1. The van der Waals surface area contributed by atoms with Crippen LogP contribution in [0.1, 0.15) is 53.0 Å². The van der Waals surface area contributed by atoms with E-state index in [4.69, 9.17) is 0 Å². The average molecular weight is 263 g/mol. The number of aryl methyl sites for hydroxylation is 1. The zero-order valence-electron chi connectivity index (χ0n) is 13.1. The molecule has 0 saturated heterocycles. The van der Waals surface area contributed by atoms with Crippen LogP contribution in [0.15, 0.2) is 30.3 Å². The van der Waals surface area contributed by atoms with Gasteiger partial charge in [0.15, 0.2) is 0 Å². The zero-order valence-corrected chi connectivity index (χ0v) is 13.1. The summed E-state index contributed by atoms with van der Waals surface area (Å²) in [5, 5.41) is 3.01. The van der Waals surface area contributed by atoms with Crippen LogP contribution in [-0.4, -0.2) is 12.5 Å². The van der Waals surface area contributed by atoms with Gasteiger partial charge in [0.2, 0.25) is 5.91 Å². The first-order chi connectivity index (χ1) is 9.06. The third-order valence-corrected chi connectivity index (χ3v) is 3.27. The Kier molecular flexibility index (Phi) is 8.94. The summed E-state index contributed by atoms with van der Waals surface area (Å²) in [6.07, 6.45) is 2.89. The molecule has 0 heterocycles. The van der Waals surface area contributed by atoms with Crippen molar-refractivity contribution in [1.82, 2.24) is 5.32 Å². The van der Waals surface area contributed by atoms with Crippen molar-refractivity contribution in [2.45, 2.75) is 53.9 Å². The molecule has 1 aromatic rings. The predicted octanol–water partition coefficient (Wildman–Crippen LogP) is 4.20. The van der Waals surface area contributed by atoms with Crippen molar-refractivity contribution in [3.05, 3.63) is 35.9 Å². The molecule has 0 radical (unpaired) electrons. The van der Waals surface area contributed by atoms with E-state index in [-0.39, 0.29) is 11.3 Å². The molecule has 1 amide bonds. The van der Waals surface area contributed by atoms with E-state index < -0.39 is 0 Å². The standard InChI is InChI=1S/C15H23NO.C2H6/c1-4-15(2,3)14(17)16-12-8-11-13-9-6-5-7-10-13;1-2/h5-7,9-10H,4,8,11-12H2,1-3H3,(H,16,17);1-2H3. The Morgan fingerprint density at radius 2 is 1.74 bits per heavy atom. The Hall–Kier alpha value is -1.31. The molecule has 1 rings (SSSR count). The number of carbonyl (C=O) groups is 1. The van der Waals surface area contributed by atoms with Crippen molar-refractivity contribution in [3.8, 4) is 0 Å². The minimum absolute atomic E-state index is 0.160. The number of rotatable bonds is 6.